The summed E-state index contributed by atoms with van der Waals surface area (Å²) in [6.07, 6.45) is 1.47. The van der Waals surface area contributed by atoms with Crippen LogP contribution in [-0.2, 0) is 14.3 Å². The maximum absolute atomic E-state index is 13.2. The molecule has 1 heterocycles. The van der Waals surface area contributed by atoms with Crippen LogP contribution in [0.4, 0.5) is 4.79 Å². The number of hydrogen-bond acceptors (Lipinski definition) is 4. The normalized spacial score (nSPS) is 25.9. The van der Waals surface area contributed by atoms with E-state index >= 15 is 0 Å². The van der Waals surface area contributed by atoms with Crippen molar-refractivity contribution in [1.29, 1.82) is 0 Å². The smallest absolute Gasteiger partial charge is 0.408 e. The lowest BCUT2D eigenvalue weighted by molar-refractivity contribution is -0.144. The highest BCUT2D eigenvalue weighted by molar-refractivity contribution is 5.91. The molecule has 33 heavy (non-hydrogen) atoms. The standard InChI is InChI=1S/C26H26N2O5/c29-23(30)22-19-12-28(13-20(19)22)24(31)26(10-5-11-26)27-25(32)33-14-21-17-8-3-1-6-15(17)16-7-2-4-9-18(16)21/h1-4,6-9,19-22H,5,10-14H2,(H,27,32)(H,29,30). The molecule has 2 aromatic rings. The number of carboxylic acid groups (broad SMARTS) is 1. The molecule has 1 aliphatic heterocycles. The minimum absolute atomic E-state index is 0.0326. The van der Waals surface area contributed by atoms with Gasteiger partial charge >= 0.3 is 12.1 Å². The van der Waals surface area contributed by atoms with Gasteiger partial charge in [0.25, 0.3) is 0 Å². The molecule has 4 aliphatic rings. The van der Waals surface area contributed by atoms with Gasteiger partial charge in [0.05, 0.1) is 5.92 Å². The van der Waals surface area contributed by atoms with Crippen LogP contribution in [0.5, 0.6) is 0 Å². The van der Waals surface area contributed by atoms with E-state index in [2.05, 4.69) is 29.6 Å². The van der Waals surface area contributed by atoms with Crippen LogP contribution in [0.3, 0.4) is 0 Å². The number of hydrogen-bond donors (Lipinski definition) is 2. The molecule has 2 amide bonds. The molecule has 6 rings (SSSR count). The summed E-state index contributed by atoms with van der Waals surface area (Å²) >= 11 is 0. The van der Waals surface area contributed by atoms with Crippen molar-refractivity contribution in [3.8, 4) is 11.1 Å². The first-order chi connectivity index (χ1) is 16.0. The predicted molar refractivity (Wildman–Crippen MR) is 119 cm³/mol. The monoisotopic (exact) mass is 446 g/mol. The minimum atomic E-state index is -0.919. The van der Waals surface area contributed by atoms with Gasteiger partial charge < -0.3 is 20.1 Å². The second-order valence-corrected chi connectivity index (χ2v) is 9.79. The summed E-state index contributed by atoms with van der Waals surface area (Å²) < 4.78 is 5.66. The maximum Gasteiger partial charge on any atom is 0.408 e. The van der Waals surface area contributed by atoms with Gasteiger partial charge in [0.1, 0.15) is 12.1 Å². The molecule has 0 spiro atoms. The third-order valence-electron chi connectivity index (χ3n) is 8.07. The molecule has 0 bridgehead atoms. The number of carbonyl (C=O) groups excluding carboxylic acids is 2. The van der Waals surface area contributed by atoms with Crippen molar-refractivity contribution in [2.24, 2.45) is 17.8 Å². The predicted octanol–water partition coefficient (Wildman–Crippen LogP) is 3.24. The SMILES string of the molecule is O=C(NC1(C(=O)N2CC3C(C2)C3C(=O)O)CCC1)OCC1c2ccccc2-c2ccccc21. The van der Waals surface area contributed by atoms with Crippen LogP contribution in [0.25, 0.3) is 11.1 Å². The average Bonchev–Trinajstić information content (AvgIpc) is 3.15. The molecule has 2 atom stereocenters. The fourth-order valence-electron chi connectivity index (χ4n) is 6.11. The average molecular weight is 447 g/mol. The number of nitrogens with zero attached hydrogens (tertiary/aromatic N) is 1. The second-order valence-electron chi connectivity index (χ2n) is 9.79. The van der Waals surface area contributed by atoms with Crippen molar-refractivity contribution in [2.75, 3.05) is 19.7 Å². The Bertz CT molecular complexity index is 1100. The van der Waals surface area contributed by atoms with E-state index in [1.807, 2.05) is 24.3 Å². The second kappa shape index (κ2) is 7.33. The number of carboxylic acids is 1. The molecule has 0 aromatic heterocycles. The van der Waals surface area contributed by atoms with Gasteiger partial charge in [-0.3, -0.25) is 9.59 Å². The molecule has 2 unspecified atom stereocenters. The van der Waals surface area contributed by atoms with Gasteiger partial charge in [-0.25, -0.2) is 4.79 Å². The first-order valence-corrected chi connectivity index (χ1v) is 11.6. The fraction of sp³-hybridized carbons (Fsp3) is 0.423. The van der Waals surface area contributed by atoms with Gasteiger partial charge in [0.15, 0.2) is 0 Å². The summed E-state index contributed by atoms with van der Waals surface area (Å²) in [5.41, 5.74) is 3.70. The Kier molecular flexibility index (Phi) is 4.50. The molecule has 3 aliphatic carbocycles. The van der Waals surface area contributed by atoms with E-state index in [1.165, 1.54) is 11.1 Å². The highest BCUT2D eigenvalue weighted by atomic mass is 16.5. The van der Waals surface area contributed by atoms with Crippen molar-refractivity contribution in [3.05, 3.63) is 59.7 Å². The zero-order chi connectivity index (χ0) is 22.7. The summed E-state index contributed by atoms with van der Waals surface area (Å²) in [7, 11) is 0. The topological polar surface area (TPSA) is 95.9 Å². The molecule has 7 nitrogen and oxygen atoms in total. The van der Waals surface area contributed by atoms with Crippen LogP contribution in [0.15, 0.2) is 48.5 Å². The molecule has 0 radical (unpaired) electrons. The first-order valence-electron chi connectivity index (χ1n) is 11.6. The van der Waals surface area contributed by atoms with E-state index in [-0.39, 0.29) is 36.2 Å². The van der Waals surface area contributed by atoms with Gasteiger partial charge in [-0.15, -0.1) is 0 Å². The van der Waals surface area contributed by atoms with Gasteiger partial charge in [-0.05, 0) is 53.4 Å². The van der Waals surface area contributed by atoms with Gasteiger partial charge in [-0.2, -0.15) is 0 Å². The molecule has 1 saturated heterocycles. The Balaban J connectivity index is 1.11. The molecule has 7 heteroatoms. The molecule has 3 fully saturated rings. The van der Waals surface area contributed by atoms with Crippen LogP contribution >= 0.6 is 0 Å². The number of likely N-dealkylation sites (tertiary alicyclic amines) is 1. The van der Waals surface area contributed by atoms with Crippen molar-refractivity contribution in [1.82, 2.24) is 10.2 Å². The Hall–Kier alpha value is -3.35. The summed E-state index contributed by atoms with van der Waals surface area (Å²) in [6.45, 7) is 1.14. The van der Waals surface area contributed by atoms with Gasteiger partial charge in [-0.1, -0.05) is 48.5 Å². The van der Waals surface area contributed by atoms with E-state index in [4.69, 9.17) is 4.74 Å². The van der Waals surface area contributed by atoms with E-state index in [0.717, 1.165) is 17.5 Å². The number of amides is 2. The maximum atomic E-state index is 13.2. The number of benzene rings is 2. The van der Waals surface area contributed by atoms with Crippen molar-refractivity contribution in [3.63, 3.8) is 0 Å². The Morgan fingerprint density at radius 2 is 1.55 bits per heavy atom. The minimum Gasteiger partial charge on any atom is -0.481 e. The molecule has 2 aromatic carbocycles. The third kappa shape index (κ3) is 3.13. The van der Waals surface area contributed by atoms with Crippen LogP contribution in [0.1, 0.15) is 36.3 Å². The number of rotatable bonds is 5. The summed E-state index contributed by atoms with van der Waals surface area (Å²) in [5, 5.41) is 12.1. The number of nitrogens with one attached hydrogen (secondary N) is 1. The lowest BCUT2D eigenvalue weighted by Gasteiger charge is -2.43. The number of alkyl carbamates (subject to hydrolysis) is 1. The fourth-order valence-corrected chi connectivity index (χ4v) is 6.11. The van der Waals surface area contributed by atoms with Crippen LogP contribution in [0, 0.1) is 17.8 Å². The molecular formula is C26H26N2O5. The van der Waals surface area contributed by atoms with Crippen LogP contribution < -0.4 is 5.32 Å². The largest absolute Gasteiger partial charge is 0.481 e. The summed E-state index contributed by atoms with van der Waals surface area (Å²) in [5.74, 6) is -1.11. The zero-order valence-electron chi connectivity index (χ0n) is 18.2. The van der Waals surface area contributed by atoms with Crippen molar-refractivity contribution in [2.45, 2.75) is 30.7 Å². The number of fused-ring (bicyclic) bond motifs is 4. The molecular weight excluding hydrogens is 420 g/mol. The van der Waals surface area contributed by atoms with E-state index in [0.29, 0.717) is 25.9 Å². The Labute approximate surface area is 191 Å². The Morgan fingerprint density at radius 3 is 2.06 bits per heavy atom. The molecule has 2 saturated carbocycles. The quantitative estimate of drug-likeness (QED) is 0.735. The highest BCUT2D eigenvalue weighted by Gasteiger charge is 2.62. The molecule has 170 valence electrons. The zero-order valence-corrected chi connectivity index (χ0v) is 18.2. The Morgan fingerprint density at radius 1 is 0.970 bits per heavy atom. The number of carbonyl (C=O) groups is 3. The first kappa shape index (κ1) is 20.3. The third-order valence-corrected chi connectivity index (χ3v) is 8.07. The summed E-state index contributed by atoms with van der Waals surface area (Å²) in [4.78, 5) is 39.0. The number of aliphatic carboxylic acids is 1. The lowest BCUT2D eigenvalue weighted by atomic mass is 9.75. The van der Waals surface area contributed by atoms with E-state index < -0.39 is 17.6 Å². The van der Waals surface area contributed by atoms with E-state index in [1.54, 1.807) is 4.90 Å². The van der Waals surface area contributed by atoms with E-state index in [9.17, 15) is 19.5 Å². The summed E-state index contributed by atoms with van der Waals surface area (Å²) in [6, 6.07) is 16.3. The number of piperidine rings is 1. The molecule has 2 N–H and O–H groups in total. The highest BCUT2D eigenvalue weighted by Crippen LogP contribution is 2.52. The van der Waals surface area contributed by atoms with Gasteiger partial charge in [0.2, 0.25) is 5.91 Å². The van der Waals surface area contributed by atoms with Crippen molar-refractivity contribution >= 4 is 18.0 Å². The number of ether oxygens (including phenoxy) is 1. The van der Waals surface area contributed by atoms with Crippen LogP contribution in [-0.4, -0.2) is 53.2 Å². The van der Waals surface area contributed by atoms with Crippen molar-refractivity contribution < 1.29 is 24.2 Å². The van der Waals surface area contributed by atoms with Crippen LogP contribution in [0.2, 0.25) is 0 Å². The lowest BCUT2D eigenvalue weighted by Crippen LogP contribution is -2.63. The van der Waals surface area contributed by atoms with Gasteiger partial charge in [0, 0.05) is 19.0 Å².